The molecule has 0 aliphatic rings. The van der Waals surface area contributed by atoms with Crippen molar-refractivity contribution < 1.29 is 0 Å². The fourth-order valence-electron chi connectivity index (χ4n) is 19.7. The minimum absolute atomic E-state index is 0.616. The number of hydrogen-bond donors (Lipinski definition) is 0. The number of aromatic nitrogens is 11. The van der Waals surface area contributed by atoms with E-state index in [0.717, 1.165) is 128 Å². The molecular formula is C115H73N11. The van der Waals surface area contributed by atoms with Gasteiger partial charge in [-0.3, -0.25) is 0 Å². The summed E-state index contributed by atoms with van der Waals surface area (Å²) in [4.78, 5) is 26.1. The fourth-order valence-corrected chi connectivity index (χ4v) is 19.7. The maximum absolute atomic E-state index is 5.36. The molecule has 0 saturated heterocycles. The summed E-state index contributed by atoms with van der Waals surface area (Å²) < 4.78 is 14.6. The van der Waals surface area contributed by atoms with Gasteiger partial charge in [0.2, 0.25) is 0 Å². The molecule has 0 N–H and O–H groups in total. The molecule has 26 aromatic rings. The molecule has 8 aromatic heterocycles. The van der Waals surface area contributed by atoms with Gasteiger partial charge in [-0.05, 0) is 133 Å². The maximum atomic E-state index is 5.36. The molecule has 0 bridgehead atoms. The summed E-state index contributed by atoms with van der Waals surface area (Å²) in [7, 11) is 0. The normalized spacial score (nSPS) is 11.8. The van der Waals surface area contributed by atoms with E-state index in [4.69, 9.17) is 24.9 Å². The van der Waals surface area contributed by atoms with Gasteiger partial charge < -0.3 is 27.4 Å². The van der Waals surface area contributed by atoms with Crippen LogP contribution in [0.2, 0.25) is 0 Å². The zero-order valence-electron chi connectivity index (χ0n) is 68.1. The molecule has 18 aromatic carbocycles. The van der Waals surface area contributed by atoms with Crippen molar-refractivity contribution in [3.63, 3.8) is 0 Å². The van der Waals surface area contributed by atoms with Crippen molar-refractivity contribution >= 4 is 131 Å². The van der Waals surface area contributed by atoms with Gasteiger partial charge in [-0.25, -0.2) is 24.9 Å². The molecule has 0 aliphatic carbocycles. The first-order chi connectivity index (χ1) is 62.6. The number of rotatable bonds is 12. The Labute approximate surface area is 723 Å². The summed E-state index contributed by atoms with van der Waals surface area (Å²) >= 11 is 0. The molecule has 0 amide bonds. The molecule has 8 heterocycles. The van der Waals surface area contributed by atoms with Gasteiger partial charge in [-0.2, -0.15) is 0 Å². The van der Waals surface area contributed by atoms with E-state index in [1.165, 1.54) is 81.6 Å². The Morgan fingerprint density at radius 1 is 0.143 bits per heavy atom. The first kappa shape index (κ1) is 71.7. The topological polar surface area (TPSA) is 94.0 Å². The van der Waals surface area contributed by atoms with Crippen molar-refractivity contribution in [2.75, 3.05) is 0 Å². The van der Waals surface area contributed by atoms with E-state index >= 15 is 0 Å². The third-order valence-electron chi connectivity index (χ3n) is 25.1. The van der Waals surface area contributed by atoms with Gasteiger partial charge in [0.15, 0.2) is 23.3 Å². The second-order valence-corrected chi connectivity index (χ2v) is 32.2. The van der Waals surface area contributed by atoms with Crippen molar-refractivity contribution in [3.05, 3.63) is 443 Å². The SMILES string of the molecule is c1ccc(-c2cc(-c3cccc4c5c(ccc6c7ccccc7n(-c7ccc8c(c7)c7ccccc7n8-c7ccccc7)c65)n(-c5ccccc5)c34)nc(-c3ccccc3)n2)cc1.c1ccc(-c2nc(-c3ccccc3)nc(-c3cccc4c5c(ccc6c7ccccc7n(-c7ccc8c(c7)c7ccccc7n8-c7ccccc7)c65)n(-c5ccccc5)c34)n2)cc1. The van der Waals surface area contributed by atoms with Gasteiger partial charge in [-0.15, -0.1) is 0 Å². The van der Waals surface area contributed by atoms with Crippen LogP contribution in [0.4, 0.5) is 0 Å². The lowest BCUT2D eigenvalue weighted by Crippen LogP contribution is -2.02. The first-order valence-electron chi connectivity index (χ1n) is 42.7. The zero-order valence-corrected chi connectivity index (χ0v) is 68.1. The summed E-state index contributed by atoms with van der Waals surface area (Å²) in [6.45, 7) is 0. The predicted molar refractivity (Wildman–Crippen MR) is 521 cm³/mol. The number of fused-ring (bicyclic) bond motifs is 20. The van der Waals surface area contributed by atoms with Gasteiger partial charge in [0, 0.05) is 132 Å². The summed E-state index contributed by atoms with van der Waals surface area (Å²) in [6, 6.07) is 158. The van der Waals surface area contributed by atoms with Crippen molar-refractivity contribution in [1.82, 2.24) is 52.3 Å². The average molecular weight is 1610 g/mol. The molecule has 126 heavy (non-hydrogen) atoms. The Kier molecular flexibility index (Phi) is 16.7. The van der Waals surface area contributed by atoms with Crippen molar-refractivity contribution in [2.24, 2.45) is 0 Å². The lowest BCUT2D eigenvalue weighted by Gasteiger charge is -2.13. The third-order valence-corrected chi connectivity index (χ3v) is 25.1. The van der Waals surface area contributed by atoms with Crippen LogP contribution in [0.5, 0.6) is 0 Å². The van der Waals surface area contributed by atoms with E-state index < -0.39 is 0 Å². The molecule has 0 spiro atoms. The molecule has 0 aliphatic heterocycles. The van der Waals surface area contributed by atoms with Crippen LogP contribution in [-0.4, -0.2) is 52.3 Å². The van der Waals surface area contributed by atoms with E-state index in [1.54, 1.807) is 0 Å². The Morgan fingerprint density at radius 2 is 0.429 bits per heavy atom. The number of para-hydroxylation sites is 10. The lowest BCUT2D eigenvalue weighted by atomic mass is 10.0. The predicted octanol–water partition coefficient (Wildman–Crippen LogP) is 28.9. The van der Waals surface area contributed by atoms with Crippen LogP contribution < -0.4 is 0 Å². The van der Waals surface area contributed by atoms with Gasteiger partial charge in [0.25, 0.3) is 0 Å². The maximum Gasteiger partial charge on any atom is 0.166 e. The molecule has 0 saturated carbocycles. The summed E-state index contributed by atoms with van der Waals surface area (Å²) in [6.07, 6.45) is 0. The smallest absolute Gasteiger partial charge is 0.166 e. The van der Waals surface area contributed by atoms with E-state index in [9.17, 15) is 0 Å². The third kappa shape index (κ3) is 11.5. The highest BCUT2D eigenvalue weighted by molar-refractivity contribution is 6.30. The standard InChI is InChI=1S/C58H37N5.C57H36N6/c1-5-18-38(19-6-1)49-37-50(60-58(59-49)39-20-7-2-8-21-39)46-28-17-29-47-55-54(62(56(46)47)41-24-11-4-12-25-41)35-33-45-43-26-13-16-31-52(43)63(57(45)55)42-32-34-53-48(36-42)44-27-14-15-30-51(44)61(53)40-22-9-3-10-23-40;1-5-18-37(19-6-1)55-58-56(38-20-7-2-8-21-38)60-57(59-55)46-29-17-28-45-52-51(62(53(45)46)40-24-11-4-12-25-40)35-33-44-42-26-13-16-31-49(42)63(54(44)52)41-32-34-50-47(36-41)43-27-14-15-30-48(43)61(50)39-22-9-3-10-23-39/h1-37H;1-36H. The Bertz CT molecular complexity index is 8170. The number of benzene rings is 18. The Morgan fingerprint density at radius 3 is 0.841 bits per heavy atom. The Hall–Kier alpha value is -17.2. The van der Waals surface area contributed by atoms with Gasteiger partial charge in [0.1, 0.15) is 0 Å². The van der Waals surface area contributed by atoms with Crippen molar-refractivity contribution in [1.29, 1.82) is 0 Å². The van der Waals surface area contributed by atoms with Crippen LogP contribution in [0.3, 0.4) is 0 Å². The molecular weight excluding hydrogens is 1540 g/mol. The summed E-state index contributed by atoms with van der Waals surface area (Å²) in [5.41, 5.74) is 28.0. The average Bonchev–Trinajstić information content (AvgIpc) is 1.54. The molecule has 0 fully saturated rings. The van der Waals surface area contributed by atoms with Crippen molar-refractivity contribution in [3.8, 4) is 102 Å². The number of hydrogen-bond acceptors (Lipinski definition) is 5. The Balaban J connectivity index is 0.000000137. The first-order valence-corrected chi connectivity index (χ1v) is 42.7. The molecule has 588 valence electrons. The molecule has 0 radical (unpaired) electrons. The molecule has 11 heteroatoms. The molecule has 26 rings (SSSR count). The van der Waals surface area contributed by atoms with Crippen LogP contribution >= 0.6 is 0 Å². The largest absolute Gasteiger partial charge is 0.309 e. The molecule has 0 atom stereocenters. The highest BCUT2D eigenvalue weighted by Crippen LogP contribution is 2.49. The monoisotopic (exact) mass is 1610 g/mol. The van der Waals surface area contributed by atoms with E-state index in [-0.39, 0.29) is 0 Å². The number of nitrogens with zero attached hydrogens (tertiary/aromatic N) is 11. The van der Waals surface area contributed by atoms with Gasteiger partial charge >= 0.3 is 0 Å². The van der Waals surface area contributed by atoms with E-state index in [2.05, 4.69) is 410 Å². The van der Waals surface area contributed by atoms with Crippen molar-refractivity contribution in [2.45, 2.75) is 0 Å². The summed E-state index contributed by atoms with van der Waals surface area (Å²) in [5.74, 6) is 2.57. The van der Waals surface area contributed by atoms with Crippen LogP contribution in [0.15, 0.2) is 443 Å². The molecule has 11 nitrogen and oxygen atoms in total. The minimum atomic E-state index is 0.616. The van der Waals surface area contributed by atoms with E-state index in [1.807, 2.05) is 60.7 Å². The van der Waals surface area contributed by atoms with Crippen LogP contribution in [0, 0.1) is 0 Å². The fraction of sp³-hybridized carbons (Fsp3) is 0. The van der Waals surface area contributed by atoms with Gasteiger partial charge in [0.05, 0.1) is 77.6 Å². The van der Waals surface area contributed by atoms with Crippen LogP contribution in [-0.2, 0) is 0 Å². The second-order valence-electron chi connectivity index (χ2n) is 32.2. The quantitative estimate of drug-likeness (QED) is 0.121. The minimum Gasteiger partial charge on any atom is -0.309 e. The van der Waals surface area contributed by atoms with Crippen LogP contribution in [0.25, 0.3) is 233 Å². The second kappa shape index (κ2) is 29.3. The zero-order chi connectivity index (χ0) is 82.9. The highest BCUT2D eigenvalue weighted by atomic mass is 15.1. The lowest BCUT2D eigenvalue weighted by molar-refractivity contribution is 1.07. The van der Waals surface area contributed by atoms with Crippen LogP contribution in [0.1, 0.15) is 0 Å². The van der Waals surface area contributed by atoms with Gasteiger partial charge in [-0.1, -0.05) is 309 Å². The summed E-state index contributed by atoms with van der Waals surface area (Å²) in [5, 5.41) is 14.3. The molecule has 0 unspecified atom stereocenters. The van der Waals surface area contributed by atoms with E-state index in [0.29, 0.717) is 23.3 Å². The highest BCUT2D eigenvalue weighted by Gasteiger charge is 2.29.